The summed E-state index contributed by atoms with van der Waals surface area (Å²) in [6.07, 6.45) is -2.75. The first kappa shape index (κ1) is 27.9. The molecule has 0 heterocycles. The van der Waals surface area contributed by atoms with Crippen molar-refractivity contribution in [2.75, 3.05) is 0 Å². The molecule has 0 amide bonds. The van der Waals surface area contributed by atoms with Crippen molar-refractivity contribution in [3.63, 3.8) is 0 Å². The summed E-state index contributed by atoms with van der Waals surface area (Å²) < 4.78 is 70.6. The van der Waals surface area contributed by atoms with Crippen molar-refractivity contribution in [2.45, 2.75) is 57.5 Å². The van der Waals surface area contributed by atoms with Crippen LogP contribution in [0.15, 0.2) is 76.8 Å². The number of aryl methyl sites for hydroxylation is 3. The van der Waals surface area contributed by atoms with E-state index < -0.39 is 35.9 Å². The van der Waals surface area contributed by atoms with E-state index in [1.165, 1.54) is 6.07 Å². The highest BCUT2D eigenvalue weighted by Crippen LogP contribution is 2.35. The first-order valence-electron chi connectivity index (χ1n) is 11.6. The molecule has 0 fully saturated rings. The van der Waals surface area contributed by atoms with Gasteiger partial charge in [-0.2, -0.15) is 17.9 Å². The average Bonchev–Trinajstić information content (AvgIpc) is 2.74. The van der Waals surface area contributed by atoms with E-state index in [-0.39, 0.29) is 4.90 Å². The SMILES string of the molecule is Cc1cc(C)c(S(=O)(=O)NC(/C(=C/c2cccc(C(F)(F)F)c2)[Si](C)(C)C)c2ccccc2)c(C)c1. The third-order valence-corrected chi connectivity index (χ3v) is 9.88. The molecule has 3 nitrogen and oxygen atoms in total. The predicted octanol–water partition coefficient (Wildman–Crippen LogP) is 7.61. The van der Waals surface area contributed by atoms with Gasteiger partial charge in [-0.1, -0.05) is 91.1 Å². The molecule has 36 heavy (non-hydrogen) atoms. The van der Waals surface area contributed by atoms with E-state index in [0.717, 1.165) is 28.5 Å². The number of sulfonamides is 1. The van der Waals surface area contributed by atoms with Gasteiger partial charge in [0.1, 0.15) is 0 Å². The molecule has 8 heteroatoms. The number of nitrogens with one attached hydrogen (secondary N) is 1. The molecule has 192 valence electrons. The molecule has 1 unspecified atom stereocenters. The minimum Gasteiger partial charge on any atom is -0.207 e. The first-order valence-corrected chi connectivity index (χ1v) is 16.6. The van der Waals surface area contributed by atoms with Crippen molar-refractivity contribution in [3.05, 3.63) is 105 Å². The number of alkyl halides is 3. The molecule has 1 atom stereocenters. The molecule has 0 aliphatic heterocycles. The lowest BCUT2D eigenvalue weighted by molar-refractivity contribution is -0.137. The molecule has 3 rings (SSSR count). The third-order valence-electron chi connectivity index (χ3n) is 5.99. The van der Waals surface area contributed by atoms with Crippen molar-refractivity contribution in [1.82, 2.24) is 4.72 Å². The Balaban J connectivity index is 2.21. The van der Waals surface area contributed by atoms with Gasteiger partial charge in [-0.05, 0) is 55.2 Å². The van der Waals surface area contributed by atoms with E-state index in [1.807, 2.05) is 49.4 Å². The summed E-state index contributed by atoms with van der Waals surface area (Å²) in [5.74, 6) is 0. The highest BCUT2D eigenvalue weighted by Gasteiger charge is 2.34. The van der Waals surface area contributed by atoms with Crippen LogP contribution in [0.25, 0.3) is 6.08 Å². The minimum absolute atomic E-state index is 0.225. The van der Waals surface area contributed by atoms with Gasteiger partial charge in [-0.15, -0.1) is 0 Å². The van der Waals surface area contributed by atoms with E-state index in [2.05, 4.69) is 24.4 Å². The Morgan fingerprint density at radius 2 is 1.47 bits per heavy atom. The van der Waals surface area contributed by atoms with Gasteiger partial charge >= 0.3 is 6.18 Å². The Morgan fingerprint density at radius 1 is 0.889 bits per heavy atom. The molecule has 0 bridgehead atoms. The molecule has 3 aromatic carbocycles. The smallest absolute Gasteiger partial charge is 0.207 e. The topological polar surface area (TPSA) is 46.2 Å². The Labute approximate surface area is 213 Å². The minimum atomic E-state index is -4.47. The van der Waals surface area contributed by atoms with Gasteiger partial charge in [-0.25, -0.2) is 8.42 Å². The maximum Gasteiger partial charge on any atom is 0.416 e. The maximum absolute atomic E-state index is 13.8. The summed E-state index contributed by atoms with van der Waals surface area (Å²) in [4.78, 5) is 0.225. The highest BCUT2D eigenvalue weighted by molar-refractivity contribution is 7.89. The van der Waals surface area contributed by atoms with Crippen LogP contribution in [0.5, 0.6) is 0 Å². The lowest BCUT2D eigenvalue weighted by Crippen LogP contribution is -2.38. The van der Waals surface area contributed by atoms with Crippen molar-refractivity contribution in [3.8, 4) is 0 Å². The molecule has 0 saturated carbocycles. The molecule has 3 aromatic rings. The van der Waals surface area contributed by atoms with Gasteiger partial charge in [0.2, 0.25) is 10.0 Å². The monoisotopic (exact) mass is 531 g/mol. The van der Waals surface area contributed by atoms with E-state index in [1.54, 1.807) is 26.0 Å². The zero-order chi connectivity index (χ0) is 26.9. The van der Waals surface area contributed by atoms with Gasteiger partial charge in [0, 0.05) is 0 Å². The lowest BCUT2D eigenvalue weighted by Gasteiger charge is -2.31. The summed E-state index contributed by atoms with van der Waals surface area (Å²) in [5, 5.41) is 0.777. The van der Waals surface area contributed by atoms with Crippen LogP contribution in [0.1, 0.15) is 39.4 Å². The van der Waals surface area contributed by atoms with Crippen LogP contribution in [0.4, 0.5) is 13.2 Å². The number of hydrogen-bond donors (Lipinski definition) is 1. The quantitative estimate of drug-likeness (QED) is 0.319. The second kappa shape index (κ2) is 10.4. The Kier molecular flexibility index (Phi) is 8.03. The number of benzene rings is 3. The van der Waals surface area contributed by atoms with E-state index >= 15 is 0 Å². The summed E-state index contributed by atoms with van der Waals surface area (Å²) in [5.41, 5.74) is 2.62. The molecular formula is C28H32F3NO2SSi. The molecule has 0 saturated heterocycles. The second-order valence-electron chi connectivity index (χ2n) is 10.2. The van der Waals surface area contributed by atoms with Crippen LogP contribution in [0, 0.1) is 20.8 Å². The number of rotatable bonds is 7. The van der Waals surface area contributed by atoms with Gasteiger partial charge in [0.15, 0.2) is 0 Å². The molecule has 0 aromatic heterocycles. The molecule has 0 aliphatic rings. The number of halogens is 3. The summed E-state index contributed by atoms with van der Waals surface area (Å²) >= 11 is 0. The van der Waals surface area contributed by atoms with Gasteiger partial charge in [-0.3, -0.25) is 0 Å². The van der Waals surface area contributed by atoms with Crippen molar-refractivity contribution in [2.24, 2.45) is 0 Å². The van der Waals surface area contributed by atoms with Crippen LogP contribution < -0.4 is 4.72 Å². The summed E-state index contributed by atoms with van der Waals surface area (Å²) in [6.45, 7) is 11.6. The predicted molar refractivity (Wildman–Crippen MR) is 143 cm³/mol. The fourth-order valence-corrected chi connectivity index (χ4v) is 7.94. The van der Waals surface area contributed by atoms with Crippen LogP contribution >= 0.6 is 0 Å². The Hall–Kier alpha value is -2.68. The zero-order valence-electron chi connectivity index (χ0n) is 21.4. The van der Waals surface area contributed by atoms with Crippen LogP contribution in [-0.2, 0) is 16.2 Å². The summed E-state index contributed by atoms with van der Waals surface area (Å²) in [7, 11) is -6.23. The van der Waals surface area contributed by atoms with Crippen LogP contribution in [0.3, 0.4) is 0 Å². The zero-order valence-corrected chi connectivity index (χ0v) is 23.2. The van der Waals surface area contributed by atoms with Crippen molar-refractivity contribution in [1.29, 1.82) is 0 Å². The fraction of sp³-hybridized carbons (Fsp3) is 0.286. The van der Waals surface area contributed by atoms with Gasteiger partial charge in [0.05, 0.1) is 24.6 Å². The fourth-order valence-electron chi connectivity index (χ4n) is 4.48. The lowest BCUT2D eigenvalue weighted by atomic mass is 10.0. The van der Waals surface area contributed by atoms with E-state index in [0.29, 0.717) is 16.7 Å². The van der Waals surface area contributed by atoms with Crippen LogP contribution in [-0.4, -0.2) is 16.5 Å². The Morgan fingerprint density at radius 3 is 2.00 bits per heavy atom. The van der Waals surface area contributed by atoms with Gasteiger partial charge < -0.3 is 0 Å². The Bertz CT molecular complexity index is 1350. The second-order valence-corrected chi connectivity index (χ2v) is 16.9. The van der Waals surface area contributed by atoms with Crippen LogP contribution in [0.2, 0.25) is 19.6 Å². The summed E-state index contributed by atoms with van der Waals surface area (Å²) in [6, 6.07) is 17.2. The average molecular weight is 532 g/mol. The maximum atomic E-state index is 13.8. The van der Waals surface area contributed by atoms with Crippen molar-refractivity contribution < 1.29 is 21.6 Å². The molecule has 0 aliphatic carbocycles. The first-order chi connectivity index (χ1) is 16.6. The third kappa shape index (κ3) is 6.54. The van der Waals surface area contributed by atoms with E-state index in [4.69, 9.17) is 0 Å². The highest BCUT2D eigenvalue weighted by atomic mass is 32.2. The largest absolute Gasteiger partial charge is 0.416 e. The standard InChI is InChI=1S/C28H32F3NO2SSi/c1-19-15-20(2)27(21(3)16-19)35(33,34)32-26(23-12-8-7-9-13-23)25(36(4,5)6)18-22-11-10-14-24(17-22)28(29,30)31/h7-18,26,32H,1-6H3/b25-18-. The van der Waals surface area contributed by atoms with Crippen molar-refractivity contribution >= 4 is 24.2 Å². The molecule has 0 spiro atoms. The normalized spacial score (nSPS) is 14.1. The van der Waals surface area contributed by atoms with E-state index in [9.17, 15) is 21.6 Å². The number of hydrogen-bond acceptors (Lipinski definition) is 2. The molecular weight excluding hydrogens is 499 g/mol. The molecule has 0 radical (unpaired) electrons. The van der Waals surface area contributed by atoms with Gasteiger partial charge in [0.25, 0.3) is 0 Å². The molecule has 1 N–H and O–H groups in total.